The van der Waals surface area contributed by atoms with Gasteiger partial charge < -0.3 is 5.32 Å². The lowest BCUT2D eigenvalue weighted by atomic mass is 9.75. The highest BCUT2D eigenvalue weighted by Gasteiger charge is 2.31. The third-order valence-electron chi connectivity index (χ3n) is 4.31. The van der Waals surface area contributed by atoms with E-state index in [-0.39, 0.29) is 0 Å². The van der Waals surface area contributed by atoms with Crippen LogP contribution < -0.4 is 5.32 Å². The summed E-state index contributed by atoms with van der Waals surface area (Å²) >= 11 is 9.55. The average molecular weight is 365 g/mol. The Bertz CT molecular complexity index is 605. The van der Waals surface area contributed by atoms with E-state index in [9.17, 15) is 0 Å². The largest absolute Gasteiger partial charge is 0.307 e. The topological polar surface area (TPSA) is 12.0 Å². The van der Waals surface area contributed by atoms with Crippen LogP contribution in [0.4, 0.5) is 0 Å². The molecule has 1 aliphatic rings. The van der Waals surface area contributed by atoms with Gasteiger partial charge in [-0.05, 0) is 61.1 Å². The Balaban J connectivity index is 1.54. The monoisotopic (exact) mass is 363 g/mol. The molecular weight excluding hydrogens is 346 g/mol. The van der Waals surface area contributed by atoms with Crippen molar-refractivity contribution in [3.63, 3.8) is 0 Å². The molecule has 0 amide bonds. The number of hydrogen-bond donors (Lipinski definition) is 1. The van der Waals surface area contributed by atoms with Crippen LogP contribution in [0.15, 0.2) is 53.0 Å². The molecule has 1 fully saturated rings. The molecule has 1 N–H and O–H groups in total. The molecule has 0 saturated heterocycles. The third-order valence-corrected chi connectivity index (χ3v) is 5.08. The zero-order chi connectivity index (χ0) is 14.8. The lowest BCUT2D eigenvalue weighted by Gasteiger charge is -2.38. The van der Waals surface area contributed by atoms with Gasteiger partial charge >= 0.3 is 0 Å². The summed E-state index contributed by atoms with van der Waals surface area (Å²) < 4.78 is 1.15. The molecule has 0 heterocycles. The van der Waals surface area contributed by atoms with Gasteiger partial charge in [0.1, 0.15) is 0 Å². The average Bonchev–Trinajstić information content (AvgIpc) is 2.43. The van der Waals surface area contributed by atoms with Gasteiger partial charge in [0.25, 0.3) is 0 Å². The van der Waals surface area contributed by atoms with Gasteiger partial charge in [-0.15, -0.1) is 0 Å². The first kappa shape index (κ1) is 15.1. The van der Waals surface area contributed by atoms with Gasteiger partial charge in [-0.1, -0.05) is 51.8 Å². The first-order valence-electron chi connectivity index (χ1n) is 7.39. The molecule has 1 nitrogen and oxygen atoms in total. The molecule has 110 valence electrons. The van der Waals surface area contributed by atoms with Crippen molar-refractivity contribution in [1.29, 1.82) is 0 Å². The molecular formula is C18H19BrClN. The smallest absolute Gasteiger partial charge is 0.0409 e. The number of halogens is 2. The van der Waals surface area contributed by atoms with E-state index in [2.05, 4.69) is 58.5 Å². The Morgan fingerprint density at radius 1 is 1.14 bits per heavy atom. The Morgan fingerprint density at radius 3 is 2.52 bits per heavy atom. The highest BCUT2D eigenvalue weighted by molar-refractivity contribution is 9.10. The van der Waals surface area contributed by atoms with E-state index >= 15 is 0 Å². The van der Waals surface area contributed by atoms with E-state index in [0.29, 0.717) is 18.0 Å². The van der Waals surface area contributed by atoms with Gasteiger partial charge in [0.05, 0.1) is 0 Å². The molecule has 2 aromatic rings. The number of benzene rings is 2. The second kappa shape index (κ2) is 6.51. The molecule has 2 aromatic carbocycles. The van der Waals surface area contributed by atoms with Gasteiger partial charge in [0.15, 0.2) is 0 Å². The highest BCUT2D eigenvalue weighted by atomic mass is 79.9. The summed E-state index contributed by atoms with van der Waals surface area (Å²) in [7, 11) is 0. The van der Waals surface area contributed by atoms with Crippen molar-refractivity contribution >= 4 is 27.5 Å². The van der Waals surface area contributed by atoms with E-state index in [1.807, 2.05) is 18.2 Å². The predicted octanol–water partition coefficient (Wildman–Crippen LogP) is 5.70. The minimum absolute atomic E-state index is 0.347. The van der Waals surface area contributed by atoms with Crippen LogP contribution in [0.1, 0.15) is 42.9 Å². The molecule has 1 saturated carbocycles. The summed E-state index contributed by atoms with van der Waals surface area (Å²) in [5.41, 5.74) is 2.71. The summed E-state index contributed by atoms with van der Waals surface area (Å²) in [5, 5.41) is 4.51. The summed E-state index contributed by atoms with van der Waals surface area (Å²) in [6.07, 6.45) is 2.43. The quantitative estimate of drug-likeness (QED) is 0.734. The number of hydrogen-bond acceptors (Lipinski definition) is 1. The lowest BCUT2D eigenvalue weighted by Crippen LogP contribution is -2.41. The Morgan fingerprint density at radius 2 is 1.86 bits per heavy atom. The van der Waals surface area contributed by atoms with E-state index in [1.165, 1.54) is 24.0 Å². The van der Waals surface area contributed by atoms with E-state index in [4.69, 9.17) is 11.6 Å². The van der Waals surface area contributed by atoms with E-state index in [1.54, 1.807) is 0 Å². The Hall–Kier alpha value is -0.830. The molecule has 3 heteroatoms. The van der Waals surface area contributed by atoms with Crippen LogP contribution in [-0.4, -0.2) is 6.04 Å². The standard InChI is InChI=1S/C18H19BrClN/c1-12(14-3-2-4-17(20)9-14)21-18-10-15(11-18)13-5-7-16(19)8-6-13/h2-9,12,15,18,21H,10-11H2,1H3/t12-,15?,18?/m0/s1. The SMILES string of the molecule is C[C@H](NC1CC(c2ccc(Br)cc2)C1)c1cccc(Cl)c1. The van der Waals surface area contributed by atoms with Gasteiger partial charge in [-0.2, -0.15) is 0 Å². The van der Waals surface area contributed by atoms with E-state index < -0.39 is 0 Å². The fraction of sp³-hybridized carbons (Fsp3) is 0.333. The van der Waals surface area contributed by atoms with Gasteiger partial charge in [0, 0.05) is 21.6 Å². The second-order valence-electron chi connectivity index (χ2n) is 5.86. The van der Waals surface area contributed by atoms with Crippen LogP contribution in [0.5, 0.6) is 0 Å². The molecule has 0 radical (unpaired) electrons. The maximum atomic E-state index is 6.06. The summed E-state index contributed by atoms with van der Waals surface area (Å²) in [4.78, 5) is 0. The van der Waals surface area contributed by atoms with Gasteiger partial charge in [0.2, 0.25) is 0 Å². The third kappa shape index (κ3) is 3.68. The van der Waals surface area contributed by atoms with Crippen LogP contribution in [0, 0.1) is 0 Å². The zero-order valence-corrected chi connectivity index (χ0v) is 14.4. The van der Waals surface area contributed by atoms with Crippen LogP contribution >= 0.6 is 27.5 Å². The Labute approximate surface area is 139 Å². The lowest BCUT2D eigenvalue weighted by molar-refractivity contribution is 0.271. The van der Waals surface area contributed by atoms with E-state index in [0.717, 1.165) is 9.50 Å². The van der Waals surface area contributed by atoms with Crippen LogP contribution in [0.2, 0.25) is 5.02 Å². The highest BCUT2D eigenvalue weighted by Crippen LogP contribution is 2.38. The van der Waals surface area contributed by atoms with Crippen molar-refractivity contribution in [1.82, 2.24) is 5.32 Å². The van der Waals surface area contributed by atoms with Crippen LogP contribution in [-0.2, 0) is 0 Å². The molecule has 1 atom stereocenters. The zero-order valence-electron chi connectivity index (χ0n) is 12.0. The molecule has 0 aliphatic heterocycles. The summed E-state index contributed by atoms with van der Waals surface area (Å²) in [6, 6.07) is 17.8. The minimum atomic E-state index is 0.347. The van der Waals surface area contributed by atoms with Crippen molar-refractivity contribution in [2.24, 2.45) is 0 Å². The number of nitrogens with one attached hydrogen (secondary N) is 1. The second-order valence-corrected chi connectivity index (χ2v) is 7.21. The number of rotatable bonds is 4. The fourth-order valence-electron chi connectivity index (χ4n) is 2.99. The Kier molecular flexibility index (Phi) is 4.68. The molecule has 3 rings (SSSR count). The summed E-state index contributed by atoms with van der Waals surface area (Å²) in [5.74, 6) is 0.696. The molecule has 0 spiro atoms. The maximum Gasteiger partial charge on any atom is 0.0409 e. The predicted molar refractivity (Wildman–Crippen MR) is 92.9 cm³/mol. The minimum Gasteiger partial charge on any atom is -0.307 e. The summed E-state index contributed by atoms with van der Waals surface area (Å²) in [6.45, 7) is 2.21. The molecule has 1 aliphatic carbocycles. The van der Waals surface area contributed by atoms with Crippen molar-refractivity contribution < 1.29 is 0 Å². The molecule has 0 unspecified atom stereocenters. The van der Waals surface area contributed by atoms with Crippen LogP contribution in [0.25, 0.3) is 0 Å². The van der Waals surface area contributed by atoms with Gasteiger partial charge in [-0.3, -0.25) is 0 Å². The van der Waals surface area contributed by atoms with Crippen molar-refractivity contribution in [2.45, 2.75) is 37.8 Å². The fourth-order valence-corrected chi connectivity index (χ4v) is 3.45. The molecule has 0 bridgehead atoms. The molecule has 0 aromatic heterocycles. The first-order valence-corrected chi connectivity index (χ1v) is 8.56. The first-order chi connectivity index (χ1) is 10.1. The van der Waals surface area contributed by atoms with Crippen molar-refractivity contribution in [2.75, 3.05) is 0 Å². The maximum absolute atomic E-state index is 6.06. The van der Waals surface area contributed by atoms with Crippen molar-refractivity contribution in [3.8, 4) is 0 Å². The van der Waals surface area contributed by atoms with Crippen LogP contribution in [0.3, 0.4) is 0 Å². The molecule has 21 heavy (non-hydrogen) atoms. The van der Waals surface area contributed by atoms with Gasteiger partial charge in [-0.25, -0.2) is 0 Å². The normalized spacial score (nSPS) is 22.6. The van der Waals surface area contributed by atoms with Crippen molar-refractivity contribution in [3.05, 3.63) is 69.2 Å².